The number of amides is 1. The number of hydrogen-bond acceptors (Lipinski definition) is 7. The van der Waals surface area contributed by atoms with E-state index in [-0.39, 0.29) is 30.5 Å². The van der Waals surface area contributed by atoms with E-state index in [0.717, 1.165) is 31.1 Å². The van der Waals surface area contributed by atoms with Gasteiger partial charge in [-0.05, 0) is 45.0 Å². The molecule has 0 spiro atoms. The van der Waals surface area contributed by atoms with Crippen LogP contribution in [-0.4, -0.2) is 41.1 Å². The van der Waals surface area contributed by atoms with Crippen molar-refractivity contribution in [2.75, 3.05) is 18.4 Å². The molecule has 1 amide bonds. The predicted octanol–water partition coefficient (Wildman–Crippen LogP) is 4.49. The number of aromatic nitrogens is 1. The number of rotatable bonds is 7. The minimum absolute atomic E-state index is 0.213. The Morgan fingerprint density at radius 1 is 1.19 bits per heavy atom. The summed E-state index contributed by atoms with van der Waals surface area (Å²) in [6.07, 6.45) is 0.425. The first-order valence-corrected chi connectivity index (χ1v) is 11.2. The first kappa shape index (κ1) is 21.5. The molecule has 0 radical (unpaired) electrons. The largest absolute Gasteiger partial charge is 0.486 e. The molecule has 0 bridgehead atoms. The SMILES string of the molecule is Cc1ccc(OCc2ccc(C(=O)Nc3nc(CN4C[C@H](C)O[C@@H](C)C4)cs3)o2)cc1. The van der Waals surface area contributed by atoms with Gasteiger partial charge in [0.15, 0.2) is 10.9 Å². The minimum atomic E-state index is -0.323. The lowest BCUT2D eigenvalue weighted by Gasteiger charge is -2.34. The van der Waals surface area contributed by atoms with Crippen LogP contribution in [0.15, 0.2) is 46.2 Å². The first-order chi connectivity index (χ1) is 14.9. The Hall–Kier alpha value is -2.68. The smallest absolute Gasteiger partial charge is 0.293 e. The molecular formula is C23H27N3O4S. The highest BCUT2D eigenvalue weighted by Crippen LogP contribution is 2.21. The Bertz CT molecular complexity index is 1000. The van der Waals surface area contributed by atoms with Gasteiger partial charge in [0.2, 0.25) is 0 Å². The first-order valence-electron chi connectivity index (χ1n) is 10.4. The lowest BCUT2D eigenvalue weighted by Crippen LogP contribution is -2.44. The highest BCUT2D eigenvalue weighted by molar-refractivity contribution is 7.13. The summed E-state index contributed by atoms with van der Waals surface area (Å²) >= 11 is 1.41. The molecule has 2 atom stereocenters. The summed E-state index contributed by atoms with van der Waals surface area (Å²) in [4.78, 5) is 19.4. The Morgan fingerprint density at radius 2 is 1.94 bits per heavy atom. The summed E-state index contributed by atoms with van der Waals surface area (Å²) in [6, 6.07) is 11.2. The van der Waals surface area contributed by atoms with E-state index in [1.54, 1.807) is 12.1 Å². The van der Waals surface area contributed by atoms with Crippen molar-refractivity contribution in [3.8, 4) is 5.75 Å². The number of furan rings is 1. The van der Waals surface area contributed by atoms with Gasteiger partial charge in [0.05, 0.1) is 17.9 Å². The van der Waals surface area contributed by atoms with Gasteiger partial charge in [-0.3, -0.25) is 15.0 Å². The molecule has 3 aromatic rings. The fourth-order valence-corrected chi connectivity index (χ4v) is 4.30. The zero-order chi connectivity index (χ0) is 21.8. The van der Waals surface area contributed by atoms with Crippen LogP contribution in [0.5, 0.6) is 5.75 Å². The number of thiazole rings is 1. The fourth-order valence-electron chi connectivity index (χ4n) is 3.60. The standard InChI is InChI=1S/C23H27N3O4S/c1-15-4-6-19(7-5-15)28-13-20-8-9-21(30-20)22(27)25-23-24-18(14-31-23)12-26-10-16(2)29-17(3)11-26/h4-9,14,16-17H,10-13H2,1-3H3,(H,24,25,27)/t16-,17-/m0/s1. The third-order valence-electron chi connectivity index (χ3n) is 4.94. The van der Waals surface area contributed by atoms with Crippen molar-refractivity contribution in [1.29, 1.82) is 0 Å². The van der Waals surface area contributed by atoms with Crippen molar-refractivity contribution < 1.29 is 18.7 Å². The maximum absolute atomic E-state index is 12.5. The molecule has 7 nitrogen and oxygen atoms in total. The molecule has 0 saturated carbocycles. The van der Waals surface area contributed by atoms with Crippen molar-refractivity contribution in [3.63, 3.8) is 0 Å². The van der Waals surface area contributed by atoms with Crippen LogP contribution < -0.4 is 10.1 Å². The number of carbonyl (C=O) groups excluding carboxylic acids is 1. The van der Waals surface area contributed by atoms with Gasteiger partial charge in [-0.2, -0.15) is 0 Å². The van der Waals surface area contributed by atoms with E-state index in [0.29, 0.717) is 10.9 Å². The Morgan fingerprint density at radius 3 is 2.68 bits per heavy atom. The summed E-state index contributed by atoms with van der Waals surface area (Å²) in [5.41, 5.74) is 2.11. The Labute approximate surface area is 186 Å². The Kier molecular flexibility index (Phi) is 6.70. The van der Waals surface area contributed by atoms with E-state index in [1.807, 2.05) is 36.6 Å². The number of hydrogen-bond donors (Lipinski definition) is 1. The molecule has 3 heterocycles. The van der Waals surface area contributed by atoms with E-state index in [2.05, 4.69) is 29.0 Å². The summed E-state index contributed by atoms with van der Waals surface area (Å²) in [6.45, 7) is 8.94. The second-order valence-electron chi connectivity index (χ2n) is 7.92. The highest BCUT2D eigenvalue weighted by atomic mass is 32.1. The molecular weight excluding hydrogens is 414 g/mol. The highest BCUT2D eigenvalue weighted by Gasteiger charge is 2.23. The second-order valence-corrected chi connectivity index (χ2v) is 8.78. The molecule has 164 valence electrons. The van der Waals surface area contributed by atoms with Crippen LogP contribution in [0.2, 0.25) is 0 Å². The van der Waals surface area contributed by atoms with E-state index in [1.165, 1.54) is 16.9 Å². The van der Waals surface area contributed by atoms with Gasteiger partial charge in [0.25, 0.3) is 5.91 Å². The maximum Gasteiger partial charge on any atom is 0.293 e. The average Bonchev–Trinajstić information content (AvgIpc) is 3.36. The van der Waals surface area contributed by atoms with Crippen LogP contribution in [0.1, 0.15) is 41.4 Å². The second kappa shape index (κ2) is 9.64. The molecule has 2 aromatic heterocycles. The third kappa shape index (κ3) is 5.94. The van der Waals surface area contributed by atoms with Crippen molar-refractivity contribution in [2.24, 2.45) is 0 Å². The van der Waals surface area contributed by atoms with E-state index in [4.69, 9.17) is 13.9 Å². The number of ether oxygens (including phenoxy) is 2. The topological polar surface area (TPSA) is 76.8 Å². The van der Waals surface area contributed by atoms with Gasteiger partial charge in [0, 0.05) is 25.0 Å². The molecule has 1 aliphatic heterocycles. The van der Waals surface area contributed by atoms with Crippen molar-refractivity contribution in [3.05, 3.63) is 64.6 Å². The zero-order valence-electron chi connectivity index (χ0n) is 18.0. The number of morpholine rings is 1. The minimum Gasteiger partial charge on any atom is -0.486 e. The molecule has 1 aliphatic rings. The normalized spacial score (nSPS) is 19.3. The van der Waals surface area contributed by atoms with E-state index in [9.17, 15) is 4.79 Å². The van der Waals surface area contributed by atoms with Gasteiger partial charge >= 0.3 is 0 Å². The van der Waals surface area contributed by atoms with Crippen LogP contribution in [-0.2, 0) is 17.9 Å². The van der Waals surface area contributed by atoms with Crippen LogP contribution in [0.3, 0.4) is 0 Å². The lowest BCUT2D eigenvalue weighted by molar-refractivity contribution is -0.0707. The Balaban J connectivity index is 1.29. The summed E-state index contributed by atoms with van der Waals surface area (Å²) < 4.78 is 17.1. The number of aryl methyl sites for hydroxylation is 1. The average molecular weight is 442 g/mol. The number of anilines is 1. The predicted molar refractivity (Wildman–Crippen MR) is 120 cm³/mol. The third-order valence-corrected chi connectivity index (χ3v) is 5.75. The molecule has 0 aliphatic carbocycles. The molecule has 4 rings (SSSR count). The van der Waals surface area contributed by atoms with Crippen molar-refractivity contribution >= 4 is 22.4 Å². The van der Waals surface area contributed by atoms with Gasteiger partial charge in [-0.25, -0.2) is 4.98 Å². The van der Waals surface area contributed by atoms with E-state index < -0.39 is 0 Å². The van der Waals surface area contributed by atoms with Crippen molar-refractivity contribution in [1.82, 2.24) is 9.88 Å². The van der Waals surface area contributed by atoms with Crippen LogP contribution in [0.25, 0.3) is 0 Å². The van der Waals surface area contributed by atoms with E-state index >= 15 is 0 Å². The molecule has 1 aromatic carbocycles. The summed E-state index contributed by atoms with van der Waals surface area (Å²) in [7, 11) is 0. The fraction of sp³-hybridized carbons (Fsp3) is 0.391. The quantitative estimate of drug-likeness (QED) is 0.582. The molecule has 1 saturated heterocycles. The zero-order valence-corrected chi connectivity index (χ0v) is 18.8. The monoisotopic (exact) mass is 441 g/mol. The van der Waals surface area contributed by atoms with Crippen LogP contribution in [0.4, 0.5) is 5.13 Å². The van der Waals surface area contributed by atoms with Crippen molar-refractivity contribution in [2.45, 2.75) is 46.1 Å². The lowest BCUT2D eigenvalue weighted by atomic mass is 10.2. The van der Waals surface area contributed by atoms with Gasteiger partial charge in [-0.15, -0.1) is 11.3 Å². The summed E-state index contributed by atoms with van der Waals surface area (Å²) in [5.74, 6) is 1.25. The summed E-state index contributed by atoms with van der Waals surface area (Å²) in [5, 5.41) is 5.35. The van der Waals surface area contributed by atoms with Gasteiger partial charge < -0.3 is 13.9 Å². The van der Waals surface area contributed by atoms with Crippen LogP contribution >= 0.6 is 11.3 Å². The number of benzene rings is 1. The molecule has 31 heavy (non-hydrogen) atoms. The van der Waals surface area contributed by atoms with Crippen LogP contribution in [0, 0.1) is 6.92 Å². The number of nitrogens with one attached hydrogen (secondary N) is 1. The number of carbonyl (C=O) groups is 1. The molecule has 8 heteroatoms. The van der Waals surface area contributed by atoms with Gasteiger partial charge in [-0.1, -0.05) is 17.7 Å². The maximum atomic E-state index is 12.5. The molecule has 1 N–H and O–H groups in total. The number of nitrogens with zero attached hydrogens (tertiary/aromatic N) is 2. The molecule has 1 fully saturated rings. The van der Waals surface area contributed by atoms with Gasteiger partial charge in [0.1, 0.15) is 18.1 Å². The molecule has 0 unspecified atom stereocenters.